The van der Waals surface area contributed by atoms with Gasteiger partial charge in [0.1, 0.15) is 0 Å². The first-order valence-corrected chi connectivity index (χ1v) is 7.81. The molecule has 2 unspecified atom stereocenters. The van der Waals surface area contributed by atoms with Crippen LogP contribution in [0.3, 0.4) is 0 Å². The maximum atomic E-state index is 12.2. The van der Waals surface area contributed by atoms with E-state index in [-0.39, 0.29) is 17.9 Å². The number of hydrogen-bond acceptors (Lipinski definition) is 4. The molecule has 0 bridgehead atoms. The van der Waals surface area contributed by atoms with Crippen LogP contribution in [0, 0.1) is 5.92 Å². The zero-order valence-electron chi connectivity index (χ0n) is 13.6. The van der Waals surface area contributed by atoms with Crippen molar-refractivity contribution in [1.29, 1.82) is 0 Å². The summed E-state index contributed by atoms with van der Waals surface area (Å²) in [4.78, 5) is 14.6. The predicted octanol–water partition coefficient (Wildman–Crippen LogP) is 0.846. The van der Waals surface area contributed by atoms with Crippen LogP contribution in [0.4, 0.5) is 0 Å². The number of carbonyl (C=O) groups excluding carboxylic acids is 1. The van der Waals surface area contributed by atoms with E-state index in [9.17, 15) is 4.79 Å². The van der Waals surface area contributed by atoms with Crippen LogP contribution >= 0.6 is 0 Å². The van der Waals surface area contributed by atoms with E-state index in [2.05, 4.69) is 50.2 Å². The second-order valence-corrected chi connectivity index (χ2v) is 6.02. The minimum atomic E-state index is -0.0542. The van der Waals surface area contributed by atoms with Crippen molar-refractivity contribution in [3.8, 4) is 0 Å². The summed E-state index contributed by atoms with van der Waals surface area (Å²) in [5.74, 6) is 0.0578. The Bertz CT molecular complexity index is 287. The Hall–Kier alpha value is -0.650. The number of likely N-dealkylation sites (N-methyl/N-ethyl adjacent to an activating group) is 1. The number of nitrogens with one attached hydrogen (secondary N) is 2. The van der Waals surface area contributed by atoms with Gasteiger partial charge in [0.15, 0.2) is 0 Å². The molecule has 5 nitrogen and oxygen atoms in total. The first kappa shape index (κ1) is 17.4. The predicted molar refractivity (Wildman–Crippen MR) is 81.8 cm³/mol. The summed E-state index contributed by atoms with van der Waals surface area (Å²) < 4.78 is 5.41. The van der Waals surface area contributed by atoms with E-state index in [1.165, 1.54) is 0 Å². The summed E-state index contributed by atoms with van der Waals surface area (Å²) in [7, 11) is 0. The van der Waals surface area contributed by atoms with E-state index >= 15 is 0 Å². The molecule has 0 spiro atoms. The molecule has 1 aliphatic heterocycles. The molecule has 0 radical (unpaired) electrons. The van der Waals surface area contributed by atoms with Gasteiger partial charge in [0.25, 0.3) is 0 Å². The molecule has 5 heteroatoms. The molecular weight excluding hydrogens is 254 g/mol. The zero-order valence-corrected chi connectivity index (χ0v) is 13.6. The molecule has 2 atom stereocenters. The van der Waals surface area contributed by atoms with Gasteiger partial charge < -0.3 is 15.4 Å². The zero-order chi connectivity index (χ0) is 15.1. The summed E-state index contributed by atoms with van der Waals surface area (Å²) in [6, 6.07) is 1.15. The molecule has 118 valence electrons. The molecule has 1 amide bonds. The van der Waals surface area contributed by atoms with Gasteiger partial charge in [-0.15, -0.1) is 0 Å². The van der Waals surface area contributed by atoms with Crippen LogP contribution in [0.1, 0.15) is 34.6 Å². The van der Waals surface area contributed by atoms with Crippen molar-refractivity contribution in [2.75, 3.05) is 32.8 Å². The topological polar surface area (TPSA) is 53.6 Å². The van der Waals surface area contributed by atoms with Gasteiger partial charge in [0.05, 0.1) is 19.1 Å². The molecule has 1 aliphatic rings. The Labute approximate surface area is 123 Å². The van der Waals surface area contributed by atoms with E-state index in [0.29, 0.717) is 31.8 Å². The van der Waals surface area contributed by atoms with Gasteiger partial charge >= 0.3 is 0 Å². The van der Waals surface area contributed by atoms with Crippen LogP contribution in [0.5, 0.6) is 0 Å². The van der Waals surface area contributed by atoms with Crippen molar-refractivity contribution >= 4 is 5.91 Å². The molecular formula is C15H31N3O2. The molecule has 20 heavy (non-hydrogen) atoms. The summed E-state index contributed by atoms with van der Waals surface area (Å²) in [6.45, 7) is 14.4. The third-order valence-electron chi connectivity index (χ3n) is 3.88. The summed E-state index contributed by atoms with van der Waals surface area (Å²) in [6.07, 6.45) is 0. The van der Waals surface area contributed by atoms with Gasteiger partial charge in [-0.1, -0.05) is 6.92 Å². The lowest BCUT2D eigenvalue weighted by Gasteiger charge is -2.30. The fourth-order valence-electron chi connectivity index (χ4n) is 2.83. The molecule has 1 fully saturated rings. The van der Waals surface area contributed by atoms with E-state index in [4.69, 9.17) is 4.74 Å². The lowest BCUT2D eigenvalue weighted by molar-refractivity contribution is -0.125. The maximum absolute atomic E-state index is 12.2. The van der Waals surface area contributed by atoms with E-state index in [0.717, 1.165) is 13.1 Å². The van der Waals surface area contributed by atoms with E-state index < -0.39 is 0 Å². The van der Waals surface area contributed by atoms with Crippen molar-refractivity contribution in [2.24, 2.45) is 5.92 Å². The Morgan fingerprint density at radius 2 is 1.90 bits per heavy atom. The van der Waals surface area contributed by atoms with Crippen molar-refractivity contribution in [3.05, 3.63) is 0 Å². The number of amides is 1. The van der Waals surface area contributed by atoms with E-state index in [1.54, 1.807) is 0 Å². The smallest absolute Gasteiger partial charge is 0.227 e. The number of hydrogen-bond donors (Lipinski definition) is 2. The fourth-order valence-corrected chi connectivity index (χ4v) is 2.83. The first-order valence-electron chi connectivity index (χ1n) is 7.81. The highest BCUT2D eigenvalue weighted by atomic mass is 16.5. The molecule has 1 rings (SSSR count). The number of rotatable bonds is 8. The minimum Gasteiger partial charge on any atom is -0.379 e. The Morgan fingerprint density at radius 3 is 2.45 bits per heavy atom. The molecule has 0 aliphatic carbocycles. The largest absolute Gasteiger partial charge is 0.379 e. The van der Waals surface area contributed by atoms with Crippen LogP contribution in [0.2, 0.25) is 0 Å². The van der Waals surface area contributed by atoms with Gasteiger partial charge in [-0.25, -0.2) is 0 Å². The van der Waals surface area contributed by atoms with Crippen LogP contribution in [-0.4, -0.2) is 61.8 Å². The molecule has 1 saturated heterocycles. The average Bonchev–Trinajstić information content (AvgIpc) is 2.82. The Balaban J connectivity index is 2.35. The average molecular weight is 285 g/mol. The Kier molecular flexibility index (Phi) is 7.48. The monoisotopic (exact) mass is 285 g/mol. The number of ether oxygens (including phenoxy) is 1. The second-order valence-electron chi connectivity index (χ2n) is 6.02. The maximum Gasteiger partial charge on any atom is 0.227 e. The highest BCUT2D eigenvalue weighted by Crippen LogP contribution is 2.13. The van der Waals surface area contributed by atoms with Crippen LogP contribution in [0.25, 0.3) is 0 Å². The highest BCUT2D eigenvalue weighted by Gasteiger charge is 2.33. The number of nitrogens with zero attached hydrogens (tertiary/aromatic N) is 1. The van der Waals surface area contributed by atoms with Gasteiger partial charge in [-0.3, -0.25) is 9.69 Å². The van der Waals surface area contributed by atoms with E-state index in [1.807, 2.05) is 0 Å². The van der Waals surface area contributed by atoms with Gasteiger partial charge in [0.2, 0.25) is 5.91 Å². The third kappa shape index (κ3) is 5.04. The third-order valence-corrected chi connectivity index (χ3v) is 3.88. The van der Waals surface area contributed by atoms with Crippen LogP contribution in [0.15, 0.2) is 0 Å². The lowest BCUT2D eigenvalue weighted by atomic mass is 10.0. The van der Waals surface area contributed by atoms with Crippen molar-refractivity contribution < 1.29 is 9.53 Å². The van der Waals surface area contributed by atoms with Crippen molar-refractivity contribution in [1.82, 2.24) is 15.5 Å². The molecule has 0 aromatic rings. The normalized spacial score (nSPS) is 23.0. The molecule has 0 aromatic heterocycles. The fraction of sp³-hybridized carbons (Fsp3) is 0.933. The van der Waals surface area contributed by atoms with Gasteiger partial charge in [0, 0.05) is 31.2 Å². The summed E-state index contributed by atoms with van der Waals surface area (Å²) in [5.41, 5.74) is 0. The highest BCUT2D eigenvalue weighted by molar-refractivity contribution is 5.79. The van der Waals surface area contributed by atoms with Crippen molar-refractivity contribution in [2.45, 2.75) is 52.7 Å². The van der Waals surface area contributed by atoms with Crippen molar-refractivity contribution in [3.63, 3.8) is 0 Å². The second kappa shape index (κ2) is 8.60. The Morgan fingerprint density at radius 1 is 1.25 bits per heavy atom. The summed E-state index contributed by atoms with van der Waals surface area (Å²) in [5, 5.41) is 6.37. The summed E-state index contributed by atoms with van der Waals surface area (Å²) >= 11 is 0. The number of carbonyl (C=O) groups is 1. The van der Waals surface area contributed by atoms with Crippen LogP contribution < -0.4 is 10.6 Å². The molecule has 0 saturated carbocycles. The quantitative estimate of drug-likeness (QED) is 0.694. The van der Waals surface area contributed by atoms with Crippen LogP contribution in [-0.2, 0) is 9.53 Å². The molecule has 0 aromatic carbocycles. The molecule has 1 heterocycles. The van der Waals surface area contributed by atoms with Gasteiger partial charge in [-0.05, 0) is 34.2 Å². The SMILES string of the molecule is CCNC1COCC1C(=O)NCCN(C(C)C)C(C)C. The molecule has 2 N–H and O–H groups in total. The first-order chi connectivity index (χ1) is 9.47. The standard InChI is InChI=1S/C15H31N3O2/c1-6-16-14-10-20-9-13(14)15(19)17-7-8-18(11(2)3)12(4)5/h11-14,16H,6-10H2,1-5H3,(H,17,19). The van der Waals surface area contributed by atoms with Gasteiger partial charge in [-0.2, -0.15) is 0 Å². The minimum absolute atomic E-state index is 0.0542. The lowest BCUT2D eigenvalue weighted by Crippen LogP contribution is -2.47.